The average Bonchev–Trinajstić information content (AvgIpc) is 2.59. The van der Waals surface area contributed by atoms with E-state index < -0.39 is 0 Å². The van der Waals surface area contributed by atoms with Crippen LogP contribution in [0.5, 0.6) is 0 Å². The van der Waals surface area contributed by atoms with Gasteiger partial charge in [-0.25, -0.2) is 0 Å². The number of nitrogens with zero attached hydrogens (tertiary/aromatic N) is 2. The number of rotatable bonds is 7. The Balaban J connectivity index is 0.00000338. The summed E-state index contributed by atoms with van der Waals surface area (Å²) in [5.74, 6) is 1.05. The van der Waals surface area contributed by atoms with Crippen LogP contribution in [0.2, 0.25) is 0 Å². The maximum absolute atomic E-state index is 13.0. The molecular weight excluding hydrogens is 346 g/mol. The SMILES string of the molecule is CNCCC1CCN(CC(=O)N(Cc2ccccc2)C(C)(C)C)CC1.Cl. The van der Waals surface area contributed by atoms with Gasteiger partial charge >= 0.3 is 0 Å². The van der Waals surface area contributed by atoms with E-state index in [0.29, 0.717) is 13.1 Å². The Morgan fingerprint density at radius 2 is 1.81 bits per heavy atom. The minimum Gasteiger partial charge on any atom is -0.332 e. The fourth-order valence-corrected chi connectivity index (χ4v) is 3.52. The van der Waals surface area contributed by atoms with E-state index in [9.17, 15) is 4.79 Å². The number of amides is 1. The highest BCUT2D eigenvalue weighted by atomic mass is 35.5. The van der Waals surface area contributed by atoms with Crippen LogP contribution in [0.15, 0.2) is 30.3 Å². The molecule has 1 fully saturated rings. The van der Waals surface area contributed by atoms with Crippen LogP contribution in [0.1, 0.15) is 45.6 Å². The molecular formula is C21H36ClN3O. The Labute approximate surface area is 165 Å². The summed E-state index contributed by atoms with van der Waals surface area (Å²) in [5.41, 5.74) is 1.02. The number of likely N-dealkylation sites (tertiary alicyclic amines) is 1. The topological polar surface area (TPSA) is 35.6 Å². The van der Waals surface area contributed by atoms with E-state index in [2.05, 4.69) is 43.1 Å². The Morgan fingerprint density at radius 3 is 2.35 bits per heavy atom. The lowest BCUT2D eigenvalue weighted by Crippen LogP contribution is -2.50. The first kappa shape index (κ1) is 22.9. The second kappa shape index (κ2) is 10.9. The third-order valence-corrected chi connectivity index (χ3v) is 5.16. The molecule has 1 aromatic rings. The fraction of sp³-hybridized carbons (Fsp3) is 0.667. The van der Waals surface area contributed by atoms with Crippen LogP contribution in [-0.4, -0.2) is 54.5 Å². The van der Waals surface area contributed by atoms with Crippen molar-refractivity contribution in [2.45, 2.75) is 52.1 Å². The van der Waals surface area contributed by atoms with Gasteiger partial charge in [-0.2, -0.15) is 0 Å². The van der Waals surface area contributed by atoms with Gasteiger partial charge in [-0.15, -0.1) is 12.4 Å². The third-order valence-electron chi connectivity index (χ3n) is 5.16. The molecule has 0 unspecified atom stereocenters. The predicted octanol–water partition coefficient (Wildman–Crippen LogP) is 3.56. The number of nitrogens with one attached hydrogen (secondary N) is 1. The minimum absolute atomic E-state index is 0. The van der Waals surface area contributed by atoms with Gasteiger partial charge < -0.3 is 10.2 Å². The highest BCUT2D eigenvalue weighted by Gasteiger charge is 2.29. The van der Waals surface area contributed by atoms with Gasteiger partial charge in [0.2, 0.25) is 5.91 Å². The lowest BCUT2D eigenvalue weighted by Gasteiger charge is -2.38. The number of benzene rings is 1. The van der Waals surface area contributed by atoms with Crippen molar-refractivity contribution in [3.05, 3.63) is 35.9 Å². The van der Waals surface area contributed by atoms with Gasteiger partial charge in [-0.05, 0) is 78.2 Å². The van der Waals surface area contributed by atoms with Gasteiger partial charge in [-0.3, -0.25) is 9.69 Å². The molecule has 0 aromatic heterocycles. The molecule has 0 bridgehead atoms. The number of hydrogen-bond acceptors (Lipinski definition) is 3. The summed E-state index contributed by atoms with van der Waals surface area (Å²) in [6, 6.07) is 10.3. The molecule has 2 rings (SSSR count). The molecule has 1 saturated heterocycles. The van der Waals surface area contributed by atoms with E-state index in [1.165, 1.54) is 24.8 Å². The van der Waals surface area contributed by atoms with E-state index in [1.807, 2.05) is 30.1 Å². The summed E-state index contributed by atoms with van der Waals surface area (Å²) < 4.78 is 0. The van der Waals surface area contributed by atoms with Crippen LogP contribution in [0, 0.1) is 5.92 Å². The number of piperidine rings is 1. The van der Waals surface area contributed by atoms with E-state index in [0.717, 1.165) is 25.6 Å². The molecule has 1 N–H and O–H groups in total. The lowest BCUT2D eigenvalue weighted by atomic mass is 9.93. The quantitative estimate of drug-likeness (QED) is 0.784. The van der Waals surface area contributed by atoms with Crippen LogP contribution in [0.25, 0.3) is 0 Å². The molecule has 0 aliphatic carbocycles. The van der Waals surface area contributed by atoms with Crippen molar-refractivity contribution < 1.29 is 4.79 Å². The van der Waals surface area contributed by atoms with Crippen molar-refractivity contribution in [1.82, 2.24) is 15.1 Å². The van der Waals surface area contributed by atoms with Crippen LogP contribution < -0.4 is 5.32 Å². The van der Waals surface area contributed by atoms with E-state index in [4.69, 9.17) is 0 Å². The Kier molecular flexibility index (Phi) is 9.62. The summed E-state index contributed by atoms with van der Waals surface area (Å²) in [6.45, 7) is 10.8. The summed E-state index contributed by atoms with van der Waals surface area (Å²) >= 11 is 0. The summed E-state index contributed by atoms with van der Waals surface area (Å²) in [5, 5.41) is 3.24. The molecule has 1 aliphatic heterocycles. The number of halogens is 1. The first-order valence-electron chi connectivity index (χ1n) is 9.61. The zero-order valence-corrected chi connectivity index (χ0v) is 17.6. The van der Waals surface area contributed by atoms with Crippen LogP contribution in [0.4, 0.5) is 0 Å². The average molecular weight is 382 g/mol. The lowest BCUT2D eigenvalue weighted by molar-refractivity contribution is -0.138. The van der Waals surface area contributed by atoms with Gasteiger partial charge in [0.1, 0.15) is 0 Å². The van der Waals surface area contributed by atoms with Crippen LogP contribution in [-0.2, 0) is 11.3 Å². The maximum atomic E-state index is 13.0. The van der Waals surface area contributed by atoms with Gasteiger partial charge in [0.15, 0.2) is 0 Å². The van der Waals surface area contributed by atoms with Crippen molar-refractivity contribution in [3.8, 4) is 0 Å². The Hall–Kier alpha value is -1.10. The van der Waals surface area contributed by atoms with Crippen molar-refractivity contribution in [3.63, 3.8) is 0 Å². The van der Waals surface area contributed by atoms with Gasteiger partial charge in [-0.1, -0.05) is 30.3 Å². The Bertz CT molecular complexity index is 522. The van der Waals surface area contributed by atoms with E-state index >= 15 is 0 Å². The van der Waals surface area contributed by atoms with Crippen molar-refractivity contribution >= 4 is 18.3 Å². The first-order chi connectivity index (χ1) is 11.9. The van der Waals surface area contributed by atoms with E-state index in [1.54, 1.807) is 0 Å². The second-order valence-corrected chi connectivity index (χ2v) is 8.25. The normalized spacial score (nSPS) is 16.2. The molecule has 0 spiro atoms. The second-order valence-electron chi connectivity index (χ2n) is 8.25. The molecule has 5 heteroatoms. The molecule has 148 valence electrons. The first-order valence-corrected chi connectivity index (χ1v) is 9.61. The standard InChI is InChI=1S/C21H35N3O.ClH/c1-21(2,3)24(16-19-8-6-5-7-9-19)20(25)17-23-14-11-18(12-15-23)10-13-22-4;/h5-9,18,22H,10-17H2,1-4H3;1H. The molecule has 4 nitrogen and oxygen atoms in total. The smallest absolute Gasteiger partial charge is 0.237 e. The zero-order chi connectivity index (χ0) is 18.3. The van der Waals surface area contributed by atoms with Crippen molar-refractivity contribution in [2.75, 3.05) is 33.2 Å². The summed E-state index contributed by atoms with van der Waals surface area (Å²) in [4.78, 5) is 17.3. The van der Waals surface area contributed by atoms with Crippen LogP contribution in [0.3, 0.4) is 0 Å². The third kappa shape index (κ3) is 7.26. The van der Waals surface area contributed by atoms with Gasteiger partial charge in [0, 0.05) is 12.1 Å². The van der Waals surface area contributed by atoms with Crippen molar-refractivity contribution in [2.24, 2.45) is 5.92 Å². The molecule has 26 heavy (non-hydrogen) atoms. The molecule has 1 aliphatic rings. The number of carbonyl (C=O) groups is 1. The molecule has 1 amide bonds. The Morgan fingerprint density at radius 1 is 1.19 bits per heavy atom. The molecule has 0 atom stereocenters. The molecule has 0 radical (unpaired) electrons. The van der Waals surface area contributed by atoms with E-state index in [-0.39, 0.29) is 23.9 Å². The zero-order valence-electron chi connectivity index (χ0n) is 16.8. The van der Waals surface area contributed by atoms with Gasteiger partial charge in [0.25, 0.3) is 0 Å². The molecule has 1 heterocycles. The monoisotopic (exact) mass is 381 g/mol. The summed E-state index contributed by atoms with van der Waals surface area (Å²) in [6.07, 6.45) is 3.67. The maximum Gasteiger partial charge on any atom is 0.237 e. The molecule has 1 aromatic carbocycles. The largest absolute Gasteiger partial charge is 0.332 e. The number of hydrogen-bond donors (Lipinski definition) is 1. The highest BCUT2D eigenvalue weighted by Crippen LogP contribution is 2.22. The predicted molar refractivity (Wildman–Crippen MR) is 112 cm³/mol. The fourth-order valence-electron chi connectivity index (χ4n) is 3.52. The summed E-state index contributed by atoms with van der Waals surface area (Å²) in [7, 11) is 2.02. The van der Waals surface area contributed by atoms with Crippen LogP contribution >= 0.6 is 12.4 Å². The van der Waals surface area contributed by atoms with Crippen molar-refractivity contribution in [1.29, 1.82) is 0 Å². The number of carbonyl (C=O) groups excluding carboxylic acids is 1. The highest BCUT2D eigenvalue weighted by molar-refractivity contribution is 5.85. The minimum atomic E-state index is -0.169. The van der Waals surface area contributed by atoms with Gasteiger partial charge in [0.05, 0.1) is 6.54 Å². The molecule has 0 saturated carbocycles.